The third-order valence-corrected chi connectivity index (χ3v) is 6.53. The Morgan fingerprint density at radius 3 is 2.88 bits per heavy atom. The van der Waals surface area contributed by atoms with Crippen LogP contribution in [0.3, 0.4) is 0 Å². The van der Waals surface area contributed by atoms with E-state index in [4.69, 9.17) is 4.98 Å². The third kappa shape index (κ3) is 2.62. The summed E-state index contributed by atoms with van der Waals surface area (Å²) in [5, 5.41) is 7.90. The molecule has 1 saturated heterocycles. The fraction of sp³-hybridized carbons (Fsp3) is 0.650. The lowest BCUT2D eigenvalue weighted by atomic mass is 9.75. The summed E-state index contributed by atoms with van der Waals surface area (Å²) in [6, 6.07) is 2.39. The molecule has 0 bridgehead atoms. The van der Waals surface area contributed by atoms with Gasteiger partial charge in [0.1, 0.15) is 5.65 Å². The summed E-state index contributed by atoms with van der Waals surface area (Å²) in [5.74, 6) is 0.946. The van der Waals surface area contributed by atoms with Gasteiger partial charge in [-0.2, -0.15) is 4.98 Å². The SMILES string of the molecule is O=C1CCC2(CCCCC2)n2c1cc1cnc(N[C@@H]3CCCNC3)nc12. The van der Waals surface area contributed by atoms with Gasteiger partial charge in [0.2, 0.25) is 5.95 Å². The third-order valence-electron chi connectivity index (χ3n) is 6.53. The molecule has 2 aromatic rings. The van der Waals surface area contributed by atoms with Gasteiger partial charge >= 0.3 is 0 Å². The molecule has 1 saturated carbocycles. The van der Waals surface area contributed by atoms with Crippen LogP contribution in [0.2, 0.25) is 0 Å². The maximum atomic E-state index is 12.6. The monoisotopic (exact) mass is 353 g/mol. The minimum atomic E-state index is 0.0846. The second-order valence-corrected chi connectivity index (χ2v) is 8.23. The van der Waals surface area contributed by atoms with Crippen molar-refractivity contribution in [1.82, 2.24) is 19.9 Å². The molecule has 2 N–H and O–H groups in total. The quantitative estimate of drug-likeness (QED) is 0.867. The van der Waals surface area contributed by atoms with E-state index in [2.05, 4.69) is 20.2 Å². The Bertz CT molecular complexity index is 830. The van der Waals surface area contributed by atoms with Crippen molar-refractivity contribution in [3.63, 3.8) is 0 Å². The Hall–Kier alpha value is -1.95. The zero-order valence-corrected chi connectivity index (χ0v) is 15.3. The second-order valence-electron chi connectivity index (χ2n) is 8.23. The van der Waals surface area contributed by atoms with Gasteiger partial charge in [-0.05, 0) is 44.7 Å². The molecule has 6 nitrogen and oxygen atoms in total. The Balaban J connectivity index is 1.57. The summed E-state index contributed by atoms with van der Waals surface area (Å²) in [4.78, 5) is 22.0. The van der Waals surface area contributed by atoms with E-state index in [1.165, 1.54) is 25.7 Å². The highest BCUT2D eigenvalue weighted by atomic mass is 16.1. The summed E-state index contributed by atoms with van der Waals surface area (Å²) >= 11 is 0. The van der Waals surface area contributed by atoms with E-state index >= 15 is 0 Å². The van der Waals surface area contributed by atoms with Gasteiger partial charge in [0.05, 0.1) is 5.69 Å². The number of hydrogen-bond acceptors (Lipinski definition) is 5. The van der Waals surface area contributed by atoms with Crippen molar-refractivity contribution < 1.29 is 4.79 Å². The van der Waals surface area contributed by atoms with E-state index in [0.29, 0.717) is 18.4 Å². The van der Waals surface area contributed by atoms with E-state index in [1.807, 2.05) is 12.3 Å². The summed E-state index contributed by atoms with van der Waals surface area (Å²) in [5.41, 5.74) is 1.87. The molecule has 2 fully saturated rings. The van der Waals surface area contributed by atoms with Crippen LogP contribution < -0.4 is 10.6 Å². The minimum absolute atomic E-state index is 0.0846. The molecule has 2 aliphatic heterocycles. The van der Waals surface area contributed by atoms with Crippen LogP contribution in [0.1, 0.15) is 68.3 Å². The molecule has 5 rings (SSSR count). The maximum absolute atomic E-state index is 12.6. The van der Waals surface area contributed by atoms with Gasteiger partial charge < -0.3 is 15.2 Å². The molecule has 0 unspecified atom stereocenters. The fourth-order valence-electron chi connectivity index (χ4n) is 5.17. The van der Waals surface area contributed by atoms with Gasteiger partial charge in [0, 0.05) is 36.1 Å². The van der Waals surface area contributed by atoms with Gasteiger partial charge in [-0.3, -0.25) is 4.79 Å². The summed E-state index contributed by atoms with van der Waals surface area (Å²) in [7, 11) is 0. The minimum Gasteiger partial charge on any atom is -0.350 e. The lowest BCUT2D eigenvalue weighted by Crippen LogP contribution is -2.41. The molecule has 1 atom stereocenters. The molecule has 2 aromatic heterocycles. The molecule has 0 radical (unpaired) electrons. The summed E-state index contributed by atoms with van der Waals surface area (Å²) in [6.07, 6.45) is 12.0. The Morgan fingerprint density at radius 2 is 2.08 bits per heavy atom. The fourth-order valence-corrected chi connectivity index (χ4v) is 5.17. The Morgan fingerprint density at radius 1 is 1.19 bits per heavy atom. The molecule has 1 spiro atoms. The number of carbonyl (C=O) groups is 1. The number of nitrogens with zero attached hydrogens (tertiary/aromatic N) is 3. The van der Waals surface area contributed by atoms with Gasteiger partial charge in [-0.15, -0.1) is 0 Å². The van der Waals surface area contributed by atoms with Crippen molar-refractivity contribution in [2.75, 3.05) is 18.4 Å². The van der Waals surface area contributed by atoms with Crippen LogP contribution in [0.25, 0.3) is 11.0 Å². The average Bonchev–Trinajstić information content (AvgIpc) is 3.07. The smallest absolute Gasteiger partial charge is 0.224 e. The molecular formula is C20H27N5O. The number of nitrogens with one attached hydrogen (secondary N) is 2. The second kappa shape index (κ2) is 6.34. The van der Waals surface area contributed by atoms with Crippen LogP contribution in [-0.4, -0.2) is 39.4 Å². The van der Waals surface area contributed by atoms with Crippen LogP contribution in [0.5, 0.6) is 0 Å². The molecule has 0 amide bonds. The van der Waals surface area contributed by atoms with Crippen molar-refractivity contribution in [3.8, 4) is 0 Å². The predicted molar refractivity (Wildman–Crippen MR) is 102 cm³/mol. The van der Waals surface area contributed by atoms with E-state index < -0.39 is 0 Å². The number of piperidine rings is 1. The first-order valence-corrected chi connectivity index (χ1v) is 10.1. The highest BCUT2D eigenvalue weighted by molar-refractivity contribution is 6.00. The molecule has 1 aliphatic carbocycles. The van der Waals surface area contributed by atoms with Crippen LogP contribution in [-0.2, 0) is 5.54 Å². The number of carbonyl (C=O) groups excluding carboxylic acids is 1. The van der Waals surface area contributed by atoms with Crippen LogP contribution >= 0.6 is 0 Å². The summed E-state index contributed by atoms with van der Waals surface area (Å²) < 4.78 is 2.29. The van der Waals surface area contributed by atoms with Gasteiger partial charge in [-0.25, -0.2) is 4.98 Å². The lowest BCUT2D eigenvalue weighted by molar-refractivity contribution is 0.0852. The van der Waals surface area contributed by atoms with Crippen molar-refractivity contribution in [3.05, 3.63) is 18.0 Å². The number of aromatic nitrogens is 3. The maximum Gasteiger partial charge on any atom is 0.224 e. The van der Waals surface area contributed by atoms with E-state index in [1.54, 1.807) is 0 Å². The largest absolute Gasteiger partial charge is 0.350 e. The molecule has 26 heavy (non-hydrogen) atoms. The average molecular weight is 353 g/mol. The molecule has 138 valence electrons. The standard InChI is InChI=1S/C20H27N5O/c26-17-6-9-20(7-2-1-3-8-20)25-16(17)11-14-12-22-19(24-18(14)25)23-15-5-4-10-21-13-15/h11-12,15,21H,1-10,13H2,(H,22,23,24)/t15-/m1/s1. The molecule has 0 aromatic carbocycles. The van der Waals surface area contributed by atoms with E-state index in [0.717, 1.165) is 55.5 Å². The molecule has 6 heteroatoms. The van der Waals surface area contributed by atoms with Gasteiger partial charge in [0.25, 0.3) is 0 Å². The first-order chi connectivity index (χ1) is 12.8. The topological polar surface area (TPSA) is 71.8 Å². The summed E-state index contributed by atoms with van der Waals surface area (Å²) in [6.45, 7) is 2.05. The van der Waals surface area contributed by atoms with Crippen molar-refractivity contribution in [2.45, 2.75) is 69.4 Å². The number of ketones is 1. The molecule has 4 heterocycles. The highest BCUT2D eigenvalue weighted by Crippen LogP contribution is 2.45. The van der Waals surface area contributed by atoms with E-state index in [9.17, 15) is 4.79 Å². The number of hydrogen-bond donors (Lipinski definition) is 2. The first kappa shape index (κ1) is 16.2. The lowest BCUT2D eigenvalue weighted by Gasteiger charge is -2.42. The molecule has 3 aliphatic rings. The van der Waals surface area contributed by atoms with Gasteiger partial charge in [-0.1, -0.05) is 19.3 Å². The van der Waals surface area contributed by atoms with Crippen molar-refractivity contribution in [1.29, 1.82) is 0 Å². The predicted octanol–water partition coefficient (Wildman–Crippen LogP) is 3.23. The zero-order valence-electron chi connectivity index (χ0n) is 15.3. The zero-order chi connectivity index (χ0) is 17.6. The van der Waals surface area contributed by atoms with E-state index in [-0.39, 0.29) is 11.3 Å². The number of anilines is 1. The van der Waals surface area contributed by atoms with Crippen LogP contribution in [0, 0.1) is 0 Å². The normalized spacial score (nSPS) is 25.4. The van der Waals surface area contributed by atoms with Gasteiger partial charge in [0.15, 0.2) is 5.78 Å². The van der Waals surface area contributed by atoms with Crippen molar-refractivity contribution >= 4 is 22.8 Å². The van der Waals surface area contributed by atoms with Crippen LogP contribution in [0.15, 0.2) is 12.3 Å². The number of rotatable bonds is 2. The number of Topliss-reactive ketones (excluding diaryl/α,β-unsaturated/α-hetero) is 1. The molecular weight excluding hydrogens is 326 g/mol. The number of fused-ring (bicyclic) bond motifs is 4. The Labute approximate surface area is 153 Å². The highest BCUT2D eigenvalue weighted by Gasteiger charge is 2.41. The van der Waals surface area contributed by atoms with Crippen molar-refractivity contribution in [2.24, 2.45) is 0 Å². The Kier molecular flexibility index (Phi) is 3.96. The first-order valence-electron chi connectivity index (χ1n) is 10.1. The van der Waals surface area contributed by atoms with Crippen LogP contribution in [0.4, 0.5) is 5.95 Å².